The van der Waals surface area contributed by atoms with Gasteiger partial charge in [0.05, 0.1) is 19.5 Å². The Hall–Kier alpha value is -1.58. The highest BCUT2D eigenvalue weighted by atomic mass is 31.2. The van der Waals surface area contributed by atoms with Crippen molar-refractivity contribution in [1.29, 1.82) is 0 Å². The summed E-state index contributed by atoms with van der Waals surface area (Å²) in [4.78, 5) is 21.7. The van der Waals surface area contributed by atoms with E-state index in [1.165, 1.54) is 6.33 Å². The van der Waals surface area contributed by atoms with Crippen LogP contribution in [0.5, 0.6) is 0 Å². The lowest BCUT2D eigenvalue weighted by molar-refractivity contribution is 0.129. The van der Waals surface area contributed by atoms with Crippen LogP contribution in [0.3, 0.4) is 0 Å². The number of rotatable bonds is 10. The third-order valence-corrected chi connectivity index (χ3v) is 4.04. The van der Waals surface area contributed by atoms with Gasteiger partial charge in [0, 0.05) is 20.3 Å². The van der Waals surface area contributed by atoms with Crippen molar-refractivity contribution >= 4 is 24.6 Å². The van der Waals surface area contributed by atoms with Crippen LogP contribution in [0.4, 0.5) is 5.82 Å². The van der Waals surface area contributed by atoms with Crippen LogP contribution in [0.15, 0.2) is 12.7 Å². The Bertz CT molecular complexity index is 679. The SMILES string of the molecule is COCCCOP(=O)(O)COCCn1cnc2c(N)ncnc21. The first kappa shape index (κ1) is 17.8. The van der Waals surface area contributed by atoms with Crippen LogP contribution < -0.4 is 5.73 Å². The third kappa shape index (κ3) is 5.22. The van der Waals surface area contributed by atoms with Crippen molar-refractivity contribution in [1.82, 2.24) is 19.5 Å². The summed E-state index contributed by atoms with van der Waals surface area (Å²) in [6.07, 6.45) is 3.10. The zero-order valence-electron chi connectivity index (χ0n) is 12.8. The van der Waals surface area contributed by atoms with Crippen molar-refractivity contribution in [3.05, 3.63) is 12.7 Å². The summed E-state index contributed by atoms with van der Waals surface area (Å²) in [5, 5.41) is 0. The van der Waals surface area contributed by atoms with E-state index in [-0.39, 0.29) is 19.6 Å². The molecule has 0 aliphatic rings. The minimum absolute atomic E-state index is 0.146. The maximum atomic E-state index is 11.7. The summed E-state index contributed by atoms with van der Waals surface area (Å²) in [5.74, 6) is 0.305. The van der Waals surface area contributed by atoms with Crippen molar-refractivity contribution in [2.45, 2.75) is 13.0 Å². The van der Waals surface area contributed by atoms with E-state index in [1.54, 1.807) is 18.0 Å². The maximum absolute atomic E-state index is 11.7. The minimum Gasteiger partial charge on any atom is -0.385 e. The Morgan fingerprint density at radius 2 is 2.13 bits per heavy atom. The summed E-state index contributed by atoms with van der Waals surface area (Å²) in [6.45, 7) is 1.24. The molecule has 0 amide bonds. The first-order valence-corrected chi connectivity index (χ1v) is 8.74. The van der Waals surface area contributed by atoms with Gasteiger partial charge in [-0.25, -0.2) is 15.0 Å². The average molecular weight is 345 g/mol. The summed E-state index contributed by atoms with van der Waals surface area (Å²) in [5.41, 5.74) is 6.80. The molecule has 0 spiro atoms. The van der Waals surface area contributed by atoms with Crippen molar-refractivity contribution in [2.75, 3.05) is 39.0 Å². The van der Waals surface area contributed by atoms with Crippen molar-refractivity contribution < 1.29 is 23.5 Å². The van der Waals surface area contributed by atoms with Crippen molar-refractivity contribution in [2.24, 2.45) is 0 Å². The number of nitrogens with zero attached hydrogens (tertiary/aromatic N) is 4. The molecule has 0 aliphatic carbocycles. The zero-order valence-corrected chi connectivity index (χ0v) is 13.7. The summed E-state index contributed by atoms with van der Waals surface area (Å²) < 4.78 is 28.4. The second kappa shape index (κ2) is 8.32. The molecule has 0 radical (unpaired) electrons. The quantitative estimate of drug-likeness (QED) is 0.469. The number of nitrogen functional groups attached to an aromatic ring is 1. The van der Waals surface area contributed by atoms with Gasteiger partial charge in [-0.3, -0.25) is 4.57 Å². The van der Waals surface area contributed by atoms with Crippen molar-refractivity contribution in [3.8, 4) is 0 Å². The number of nitrogens with two attached hydrogens (primary N) is 1. The van der Waals surface area contributed by atoms with Gasteiger partial charge < -0.3 is 29.2 Å². The second-order valence-electron chi connectivity index (χ2n) is 4.72. The molecule has 0 saturated carbocycles. The van der Waals surface area contributed by atoms with E-state index in [0.717, 1.165) is 0 Å². The van der Waals surface area contributed by atoms with Gasteiger partial charge in [-0.05, 0) is 6.42 Å². The normalized spacial score (nSPS) is 14.2. The number of fused-ring (bicyclic) bond motifs is 1. The highest BCUT2D eigenvalue weighted by Crippen LogP contribution is 2.41. The molecule has 0 fully saturated rings. The van der Waals surface area contributed by atoms with E-state index in [2.05, 4.69) is 15.0 Å². The maximum Gasteiger partial charge on any atom is 0.353 e. The smallest absolute Gasteiger partial charge is 0.353 e. The van der Waals surface area contributed by atoms with Crippen LogP contribution >= 0.6 is 7.60 Å². The molecule has 2 heterocycles. The van der Waals surface area contributed by atoms with Crippen LogP contribution in [0.2, 0.25) is 0 Å². The van der Waals surface area contributed by atoms with Gasteiger partial charge in [-0.15, -0.1) is 0 Å². The average Bonchev–Trinajstić information content (AvgIpc) is 2.93. The number of methoxy groups -OCH3 is 1. The van der Waals surface area contributed by atoms with E-state index < -0.39 is 7.60 Å². The van der Waals surface area contributed by atoms with Crippen LogP contribution in [-0.4, -0.2) is 57.7 Å². The fourth-order valence-corrected chi connectivity index (χ4v) is 2.70. The summed E-state index contributed by atoms with van der Waals surface area (Å²) in [6, 6.07) is 0. The number of aromatic nitrogens is 4. The lowest BCUT2D eigenvalue weighted by Crippen LogP contribution is -2.08. The molecule has 0 bridgehead atoms. The van der Waals surface area contributed by atoms with Gasteiger partial charge in [-0.1, -0.05) is 0 Å². The molecule has 128 valence electrons. The van der Waals surface area contributed by atoms with Gasteiger partial charge in [-0.2, -0.15) is 0 Å². The monoisotopic (exact) mass is 345 g/mol. The minimum atomic E-state index is -3.74. The highest BCUT2D eigenvalue weighted by molar-refractivity contribution is 7.52. The van der Waals surface area contributed by atoms with E-state index in [4.69, 9.17) is 19.7 Å². The molecule has 11 heteroatoms. The summed E-state index contributed by atoms with van der Waals surface area (Å²) >= 11 is 0. The molecule has 3 N–H and O–H groups in total. The molecule has 23 heavy (non-hydrogen) atoms. The standard InChI is InChI=1S/C12H20N5O5P/c1-20-4-2-5-22-23(18,19)9-21-6-3-17-8-16-10-11(13)14-7-15-12(10)17/h7-8H,2-6,9H2,1H3,(H,18,19)(H2,13,14,15). The van der Waals surface area contributed by atoms with E-state index >= 15 is 0 Å². The molecular weight excluding hydrogens is 325 g/mol. The molecule has 10 nitrogen and oxygen atoms in total. The van der Waals surface area contributed by atoms with E-state index in [9.17, 15) is 9.46 Å². The van der Waals surface area contributed by atoms with Crippen LogP contribution in [0, 0.1) is 0 Å². The zero-order chi connectivity index (χ0) is 16.7. The van der Waals surface area contributed by atoms with E-state index in [1.807, 2.05) is 0 Å². The molecule has 0 aromatic carbocycles. The molecular formula is C12H20N5O5P. The first-order valence-electron chi connectivity index (χ1n) is 6.98. The van der Waals surface area contributed by atoms with Gasteiger partial charge in [0.25, 0.3) is 0 Å². The van der Waals surface area contributed by atoms with Crippen LogP contribution in [-0.2, 0) is 25.1 Å². The molecule has 1 unspecified atom stereocenters. The number of ether oxygens (including phenoxy) is 2. The first-order chi connectivity index (χ1) is 11.0. The fourth-order valence-electron chi connectivity index (χ4n) is 1.85. The summed E-state index contributed by atoms with van der Waals surface area (Å²) in [7, 11) is -2.19. The van der Waals surface area contributed by atoms with E-state index in [0.29, 0.717) is 36.6 Å². The van der Waals surface area contributed by atoms with Crippen LogP contribution in [0.25, 0.3) is 11.2 Å². The molecule has 0 saturated heterocycles. The lowest BCUT2D eigenvalue weighted by Gasteiger charge is -2.12. The van der Waals surface area contributed by atoms with Crippen molar-refractivity contribution in [3.63, 3.8) is 0 Å². The van der Waals surface area contributed by atoms with Gasteiger partial charge in [0.2, 0.25) is 0 Å². The lowest BCUT2D eigenvalue weighted by atomic mass is 10.5. The van der Waals surface area contributed by atoms with Gasteiger partial charge >= 0.3 is 7.60 Å². The molecule has 1 atom stereocenters. The Balaban J connectivity index is 1.76. The molecule has 2 aromatic rings. The topological polar surface area (TPSA) is 135 Å². The highest BCUT2D eigenvalue weighted by Gasteiger charge is 2.19. The predicted molar refractivity (Wildman–Crippen MR) is 82.8 cm³/mol. The van der Waals surface area contributed by atoms with Gasteiger partial charge in [0.1, 0.15) is 18.2 Å². The number of hydrogen-bond donors (Lipinski definition) is 2. The Kier molecular flexibility index (Phi) is 6.43. The number of hydrogen-bond acceptors (Lipinski definition) is 8. The van der Waals surface area contributed by atoms with Gasteiger partial charge in [0.15, 0.2) is 11.5 Å². The predicted octanol–water partition coefficient (Wildman–Crippen LogP) is 0.621. The second-order valence-corrected chi connectivity index (χ2v) is 6.51. The number of imidazole rings is 1. The Labute approximate surface area is 133 Å². The third-order valence-electron chi connectivity index (χ3n) is 2.95. The molecule has 2 rings (SSSR count). The van der Waals surface area contributed by atoms with Crippen LogP contribution in [0.1, 0.15) is 6.42 Å². The molecule has 0 aliphatic heterocycles. The number of anilines is 1. The largest absolute Gasteiger partial charge is 0.385 e. The Morgan fingerprint density at radius 1 is 1.30 bits per heavy atom. The Morgan fingerprint density at radius 3 is 2.91 bits per heavy atom. The molecule has 2 aromatic heterocycles. The fraction of sp³-hybridized carbons (Fsp3) is 0.583.